The average molecular weight is 219 g/mol. The van der Waals surface area contributed by atoms with Gasteiger partial charge in [0.1, 0.15) is 5.82 Å². The summed E-state index contributed by atoms with van der Waals surface area (Å²) in [5, 5.41) is 7.49. The summed E-state index contributed by atoms with van der Waals surface area (Å²) in [5.74, 6) is 0.962. The quantitative estimate of drug-likeness (QED) is 0.731. The molecule has 0 aliphatic carbocycles. The number of aromatic amines is 1. The van der Waals surface area contributed by atoms with E-state index >= 15 is 0 Å². The number of aryl methyl sites for hydroxylation is 2. The summed E-state index contributed by atoms with van der Waals surface area (Å²) in [4.78, 5) is 7.34. The van der Waals surface area contributed by atoms with Gasteiger partial charge >= 0.3 is 0 Å². The fourth-order valence-corrected chi connectivity index (χ4v) is 1.62. The van der Waals surface area contributed by atoms with Crippen molar-refractivity contribution in [1.29, 1.82) is 0 Å². The van der Waals surface area contributed by atoms with Gasteiger partial charge in [-0.3, -0.25) is 4.68 Å². The first-order valence-electron chi connectivity index (χ1n) is 5.43. The van der Waals surface area contributed by atoms with E-state index in [4.69, 9.17) is 0 Å². The van der Waals surface area contributed by atoms with Crippen LogP contribution in [0.4, 0.5) is 0 Å². The van der Waals surface area contributed by atoms with Crippen LogP contribution in [0, 0.1) is 6.92 Å². The first-order chi connectivity index (χ1) is 7.74. The molecule has 0 atom stereocenters. The number of nitrogens with one attached hydrogen (secondary N) is 2. The Morgan fingerprint density at radius 1 is 1.44 bits per heavy atom. The van der Waals surface area contributed by atoms with Gasteiger partial charge in [-0.1, -0.05) is 0 Å². The van der Waals surface area contributed by atoms with Crippen molar-refractivity contribution in [3.05, 3.63) is 35.7 Å². The summed E-state index contributed by atoms with van der Waals surface area (Å²) in [5.41, 5.74) is 2.39. The third kappa shape index (κ3) is 2.93. The maximum absolute atomic E-state index is 4.15. The van der Waals surface area contributed by atoms with Crippen LogP contribution in [-0.2, 0) is 20.0 Å². The Bertz CT molecular complexity index is 400. The average Bonchev–Trinajstić information content (AvgIpc) is 2.83. The Kier molecular flexibility index (Phi) is 3.36. The molecule has 0 fully saturated rings. The molecular weight excluding hydrogens is 202 g/mol. The minimum atomic E-state index is 0.834. The normalized spacial score (nSPS) is 10.9. The van der Waals surface area contributed by atoms with Crippen LogP contribution in [0.25, 0.3) is 0 Å². The van der Waals surface area contributed by atoms with E-state index in [0.717, 1.165) is 31.0 Å². The van der Waals surface area contributed by atoms with E-state index in [-0.39, 0.29) is 0 Å². The molecule has 16 heavy (non-hydrogen) atoms. The Hall–Kier alpha value is -1.62. The fraction of sp³-hybridized carbons (Fsp3) is 0.455. The van der Waals surface area contributed by atoms with Gasteiger partial charge in [-0.25, -0.2) is 4.98 Å². The van der Waals surface area contributed by atoms with E-state index in [2.05, 4.69) is 20.4 Å². The largest absolute Gasteiger partial charge is 0.345 e. The second kappa shape index (κ2) is 4.94. The molecule has 2 N–H and O–H groups in total. The lowest BCUT2D eigenvalue weighted by atomic mass is 10.2. The molecule has 0 saturated heterocycles. The third-order valence-corrected chi connectivity index (χ3v) is 2.42. The summed E-state index contributed by atoms with van der Waals surface area (Å²) in [6.45, 7) is 3.74. The van der Waals surface area contributed by atoms with Gasteiger partial charge in [-0.15, -0.1) is 0 Å². The molecule has 0 radical (unpaired) electrons. The molecule has 2 rings (SSSR count). The van der Waals surface area contributed by atoms with Crippen LogP contribution in [0.2, 0.25) is 0 Å². The number of hydrogen-bond donors (Lipinski definition) is 2. The van der Waals surface area contributed by atoms with E-state index in [9.17, 15) is 0 Å². The molecule has 2 aromatic heterocycles. The van der Waals surface area contributed by atoms with E-state index in [1.54, 1.807) is 0 Å². The molecule has 86 valence electrons. The first-order valence-corrected chi connectivity index (χ1v) is 5.43. The van der Waals surface area contributed by atoms with Gasteiger partial charge in [-0.05, 0) is 25.5 Å². The zero-order valence-corrected chi connectivity index (χ0v) is 9.70. The zero-order valence-electron chi connectivity index (χ0n) is 9.70. The topological polar surface area (TPSA) is 58.5 Å². The van der Waals surface area contributed by atoms with E-state index in [0.29, 0.717) is 0 Å². The van der Waals surface area contributed by atoms with Gasteiger partial charge in [0.2, 0.25) is 0 Å². The van der Waals surface area contributed by atoms with E-state index in [1.165, 1.54) is 5.56 Å². The summed E-state index contributed by atoms with van der Waals surface area (Å²) in [6, 6.07) is 0. The van der Waals surface area contributed by atoms with Crippen molar-refractivity contribution in [2.75, 3.05) is 6.54 Å². The van der Waals surface area contributed by atoms with Gasteiger partial charge in [0.15, 0.2) is 0 Å². The Morgan fingerprint density at radius 2 is 2.31 bits per heavy atom. The molecular formula is C11H17N5. The van der Waals surface area contributed by atoms with Crippen molar-refractivity contribution in [3.63, 3.8) is 0 Å². The van der Waals surface area contributed by atoms with Crippen LogP contribution < -0.4 is 5.32 Å². The Labute approximate surface area is 94.9 Å². The van der Waals surface area contributed by atoms with Crippen LogP contribution in [0.5, 0.6) is 0 Å². The predicted octanol–water partition coefficient (Wildman–Crippen LogP) is 0.784. The predicted molar refractivity (Wildman–Crippen MR) is 61.9 cm³/mol. The number of H-pyrrole nitrogens is 1. The Balaban J connectivity index is 1.69. The number of nitrogens with zero attached hydrogens (tertiary/aromatic N) is 3. The second-order valence-corrected chi connectivity index (χ2v) is 3.94. The van der Waals surface area contributed by atoms with Crippen LogP contribution in [0.15, 0.2) is 18.6 Å². The highest BCUT2D eigenvalue weighted by atomic mass is 15.2. The second-order valence-electron chi connectivity index (χ2n) is 3.94. The molecule has 0 bridgehead atoms. The highest BCUT2D eigenvalue weighted by Gasteiger charge is 1.98. The lowest BCUT2D eigenvalue weighted by Gasteiger charge is -2.00. The molecule has 0 unspecified atom stereocenters. The first kappa shape index (κ1) is 10.9. The van der Waals surface area contributed by atoms with Gasteiger partial charge in [0.25, 0.3) is 0 Å². The Morgan fingerprint density at radius 3 is 2.94 bits per heavy atom. The van der Waals surface area contributed by atoms with Crippen LogP contribution in [0.3, 0.4) is 0 Å². The molecule has 0 spiro atoms. The number of aromatic nitrogens is 4. The van der Waals surface area contributed by atoms with Gasteiger partial charge in [-0.2, -0.15) is 5.10 Å². The minimum Gasteiger partial charge on any atom is -0.345 e. The molecule has 2 heterocycles. The van der Waals surface area contributed by atoms with Gasteiger partial charge in [0, 0.05) is 31.7 Å². The smallest absolute Gasteiger partial charge is 0.103 e. The van der Waals surface area contributed by atoms with E-state index in [1.807, 2.05) is 37.2 Å². The highest BCUT2D eigenvalue weighted by Crippen LogP contribution is 1.97. The van der Waals surface area contributed by atoms with Gasteiger partial charge < -0.3 is 10.3 Å². The number of imidazole rings is 1. The summed E-state index contributed by atoms with van der Waals surface area (Å²) >= 11 is 0. The molecule has 0 aliphatic rings. The van der Waals surface area contributed by atoms with Gasteiger partial charge in [0.05, 0.1) is 6.20 Å². The third-order valence-electron chi connectivity index (χ3n) is 2.42. The molecule has 5 heteroatoms. The van der Waals surface area contributed by atoms with Crippen molar-refractivity contribution in [1.82, 2.24) is 25.1 Å². The molecule has 0 aliphatic heterocycles. The summed E-state index contributed by atoms with van der Waals surface area (Å²) in [7, 11) is 1.93. The summed E-state index contributed by atoms with van der Waals surface area (Å²) in [6.07, 6.45) is 6.82. The molecule has 5 nitrogen and oxygen atoms in total. The molecule has 0 amide bonds. The maximum Gasteiger partial charge on any atom is 0.103 e. The minimum absolute atomic E-state index is 0.834. The van der Waals surface area contributed by atoms with Crippen molar-refractivity contribution < 1.29 is 0 Å². The summed E-state index contributed by atoms with van der Waals surface area (Å²) < 4.78 is 1.83. The molecule has 0 saturated carbocycles. The monoisotopic (exact) mass is 219 g/mol. The zero-order chi connectivity index (χ0) is 11.4. The van der Waals surface area contributed by atoms with E-state index < -0.39 is 0 Å². The van der Waals surface area contributed by atoms with Crippen LogP contribution in [-0.4, -0.2) is 26.3 Å². The highest BCUT2D eigenvalue weighted by molar-refractivity contribution is 5.04. The van der Waals surface area contributed by atoms with Crippen LogP contribution in [0.1, 0.15) is 17.1 Å². The number of hydrogen-bond acceptors (Lipinski definition) is 3. The fourth-order valence-electron chi connectivity index (χ4n) is 1.62. The number of rotatable bonds is 5. The SMILES string of the molecule is Cc1ncc(CNCCc2cnn(C)c2)[nH]1. The lowest BCUT2D eigenvalue weighted by Crippen LogP contribution is -2.16. The van der Waals surface area contributed by atoms with Crippen molar-refractivity contribution in [3.8, 4) is 0 Å². The standard InChI is InChI=1S/C11H17N5/c1-9-13-7-11(15-9)6-12-4-3-10-5-14-16(2)8-10/h5,7-8,12H,3-4,6H2,1-2H3,(H,13,15). The molecule has 0 aromatic carbocycles. The maximum atomic E-state index is 4.15. The lowest BCUT2D eigenvalue weighted by molar-refractivity contribution is 0.676. The molecule has 2 aromatic rings. The van der Waals surface area contributed by atoms with Crippen LogP contribution >= 0.6 is 0 Å². The van der Waals surface area contributed by atoms with Crippen molar-refractivity contribution >= 4 is 0 Å². The van der Waals surface area contributed by atoms with Crippen molar-refractivity contribution in [2.45, 2.75) is 19.9 Å². The van der Waals surface area contributed by atoms with Crippen molar-refractivity contribution in [2.24, 2.45) is 7.05 Å².